The Kier molecular flexibility index (Phi) is 3.81. The largest absolute Gasteiger partial charge is 0.369 e. The number of ether oxygens (including phenoxy) is 1. The molecule has 3 amide bonds. The van der Waals surface area contributed by atoms with Gasteiger partial charge in [-0.1, -0.05) is 0 Å². The number of amides is 3. The highest BCUT2D eigenvalue weighted by Crippen LogP contribution is 2.06. The van der Waals surface area contributed by atoms with Crippen LogP contribution in [-0.4, -0.2) is 73.0 Å². The predicted octanol–water partition coefficient (Wildman–Crippen LogP) is -1.81. The minimum atomic E-state index is -0.588. The highest BCUT2D eigenvalue weighted by Gasteiger charge is 2.31. The molecule has 0 aliphatic carbocycles. The summed E-state index contributed by atoms with van der Waals surface area (Å²) >= 11 is 0. The molecule has 1 unspecified atom stereocenters. The third kappa shape index (κ3) is 2.79. The summed E-state index contributed by atoms with van der Waals surface area (Å²) in [6, 6.07) is -0.588. The molecule has 0 radical (unpaired) electrons. The monoisotopic (exact) mass is 255 g/mol. The van der Waals surface area contributed by atoms with Gasteiger partial charge in [-0.3, -0.25) is 14.4 Å². The summed E-state index contributed by atoms with van der Waals surface area (Å²) in [7, 11) is 0. The van der Waals surface area contributed by atoms with Gasteiger partial charge in [0.2, 0.25) is 17.7 Å². The van der Waals surface area contributed by atoms with Crippen LogP contribution >= 0.6 is 0 Å². The van der Waals surface area contributed by atoms with Crippen LogP contribution in [0.5, 0.6) is 0 Å². The molecule has 0 saturated carbocycles. The van der Waals surface area contributed by atoms with Gasteiger partial charge in [0.1, 0.15) is 12.6 Å². The van der Waals surface area contributed by atoms with Crippen molar-refractivity contribution in [1.82, 2.24) is 15.1 Å². The second-order valence-corrected chi connectivity index (χ2v) is 4.47. The Morgan fingerprint density at radius 2 is 1.83 bits per heavy atom. The maximum Gasteiger partial charge on any atom is 0.247 e. The number of nitrogens with zero attached hydrogens (tertiary/aromatic N) is 2. The van der Waals surface area contributed by atoms with Crippen molar-refractivity contribution in [3.05, 3.63) is 0 Å². The first kappa shape index (κ1) is 12.8. The number of piperazine rings is 1. The number of carbonyl (C=O) groups excluding carboxylic acids is 3. The van der Waals surface area contributed by atoms with Crippen LogP contribution in [0.2, 0.25) is 0 Å². The summed E-state index contributed by atoms with van der Waals surface area (Å²) in [4.78, 5) is 37.8. The first-order chi connectivity index (χ1) is 8.58. The first-order valence-corrected chi connectivity index (χ1v) is 5.99. The number of morpholine rings is 1. The summed E-state index contributed by atoms with van der Waals surface area (Å²) in [5.41, 5.74) is 0. The summed E-state index contributed by atoms with van der Waals surface area (Å²) < 4.78 is 5.04. The molecule has 2 rings (SSSR count). The van der Waals surface area contributed by atoms with E-state index in [9.17, 15) is 14.4 Å². The highest BCUT2D eigenvalue weighted by molar-refractivity contribution is 5.89. The van der Waals surface area contributed by atoms with Gasteiger partial charge in [0.25, 0.3) is 0 Å². The molecular formula is C11H17N3O4. The van der Waals surface area contributed by atoms with Crippen molar-refractivity contribution >= 4 is 17.7 Å². The molecule has 18 heavy (non-hydrogen) atoms. The third-order valence-corrected chi connectivity index (χ3v) is 3.19. The minimum Gasteiger partial charge on any atom is -0.369 e. The van der Waals surface area contributed by atoms with Gasteiger partial charge in [0, 0.05) is 33.1 Å². The molecule has 0 spiro atoms. The highest BCUT2D eigenvalue weighted by atomic mass is 16.5. The zero-order valence-electron chi connectivity index (χ0n) is 10.3. The molecule has 2 saturated heterocycles. The summed E-state index contributed by atoms with van der Waals surface area (Å²) in [6.07, 6.45) is 0. The maximum absolute atomic E-state index is 12.1. The van der Waals surface area contributed by atoms with E-state index in [0.717, 1.165) is 0 Å². The van der Waals surface area contributed by atoms with Crippen LogP contribution in [0.25, 0.3) is 0 Å². The Morgan fingerprint density at radius 1 is 1.22 bits per heavy atom. The van der Waals surface area contributed by atoms with Crippen LogP contribution in [0.1, 0.15) is 6.92 Å². The summed E-state index contributed by atoms with van der Waals surface area (Å²) in [5.74, 6) is -0.371. The van der Waals surface area contributed by atoms with E-state index in [1.807, 2.05) is 0 Å². The second-order valence-electron chi connectivity index (χ2n) is 4.47. The molecule has 0 aromatic carbocycles. The lowest BCUT2D eigenvalue weighted by Gasteiger charge is -2.36. The zero-order chi connectivity index (χ0) is 13.1. The van der Waals surface area contributed by atoms with Gasteiger partial charge in [-0.25, -0.2) is 0 Å². The van der Waals surface area contributed by atoms with Gasteiger partial charge in [-0.05, 0) is 0 Å². The maximum atomic E-state index is 12.1. The Hall–Kier alpha value is -1.63. The number of rotatable bonds is 1. The molecule has 0 bridgehead atoms. The van der Waals surface area contributed by atoms with Crippen LogP contribution in [0, 0.1) is 0 Å². The van der Waals surface area contributed by atoms with Gasteiger partial charge >= 0.3 is 0 Å². The van der Waals surface area contributed by atoms with E-state index >= 15 is 0 Å². The Labute approximate surface area is 105 Å². The van der Waals surface area contributed by atoms with Crippen molar-refractivity contribution < 1.29 is 19.1 Å². The molecular weight excluding hydrogens is 238 g/mol. The van der Waals surface area contributed by atoms with Crippen LogP contribution in [0.15, 0.2) is 0 Å². The molecule has 2 aliphatic heterocycles. The van der Waals surface area contributed by atoms with E-state index in [1.54, 1.807) is 9.80 Å². The van der Waals surface area contributed by atoms with Crippen LogP contribution in [0.4, 0.5) is 0 Å². The molecule has 100 valence electrons. The third-order valence-electron chi connectivity index (χ3n) is 3.19. The minimum absolute atomic E-state index is 0.0158. The zero-order valence-corrected chi connectivity index (χ0v) is 10.3. The quantitative estimate of drug-likeness (QED) is 0.599. The number of carbonyl (C=O) groups is 3. The predicted molar refractivity (Wildman–Crippen MR) is 61.6 cm³/mol. The topological polar surface area (TPSA) is 79.0 Å². The summed E-state index contributed by atoms with van der Waals surface area (Å²) in [6.45, 7) is 3.85. The van der Waals surface area contributed by atoms with Crippen molar-refractivity contribution in [2.24, 2.45) is 0 Å². The molecule has 7 heteroatoms. The fourth-order valence-electron chi connectivity index (χ4n) is 2.14. The van der Waals surface area contributed by atoms with Crippen LogP contribution in [-0.2, 0) is 19.1 Å². The molecule has 2 aliphatic rings. The van der Waals surface area contributed by atoms with Crippen LogP contribution < -0.4 is 5.32 Å². The number of hydrogen-bond acceptors (Lipinski definition) is 4. The molecule has 0 aromatic rings. The van der Waals surface area contributed by atoms with E-state index in [1.165, 1.54) is 6.92 Å². The summed E-state index contributed by atoms with van der Waals surface area (Å²) in [5, 5.41) is 2.61. The van der Waals surface area contributed by atoms with Gasteiger partial charge in [-0.2, -0.15) is 0 Å². The van der Waals surface area contributed by atoms with Crippen molar-refractivity contribution in [2.75, 3.05) is 39.4 Å². The van der Waals surface area contributed by atoms with Gasteiger partial charge in [0.05, 0.1) is 6.61 Å². The van der Waals surface area contributed by atoms with Gasteiger partial charge in [0.15, 0.2) is 0 Å². The molecule has 2 fully saturated rings. The second kappa shape index (κ2) is 5.34. The van der Waals surface area contributed by atoms with E-state index in [2.05, 4.69) is 5.32 Å². The molecule has 7 nitrogen and oxygen atoms in total. The number of nitrogens with one attached hydrogen (secondary N) is 1. The fraction of sp³-hybridized carbons (Fsp3) is 0.727. The SMILES string of the molecule is CC(=O)N1CCN(C(=O)C2COCC(=O)N2)CC1. The first-order valence-electron chi connectivity index (χ1n) is 5.99. The molecule has 1 N–H and O–H groups in total. The Morgan fingerprint density at radius 3 is 2.39 bits per heavy atom. The Balaban J connectivity index is 1.87. The van der Waals surface area contributed by atoms with E-state index in [-0.39, 0.29) is 30.9 Å². The van der Waals surface area contributed by atoms with Crippen molar-refractivity contribution in [2.45, 2.75) is 13.0 Å². The smallest absolute Gasteiger partial charge is 0.247 e. The van der Waals surface area contributed by atoms with Crippen LogP contribution in [0.3, 0.4) is 0 Å². The van der Waals surface area contributed by atoms with E-state index < -0.39 is 6.04 Å². The average Bonchev–Trinajstić information content (AvgIpc) is 2.38. The normalized spacial score (nSPS) is 24.7. The standard InChI is InChI=1S/C11H17N3O4/c1-8(15)13-2-4-14(5-3-13)11(17)9-6-18-7-10(16)12-9/h9H,2-7H2,1H3,(H,12,16). The van der Waals surface area contributed by atoms with E-state index in [0.29, 0.717) is 26.2 Å². The Bertz CT molecular complexity index is 363. The van der Waals surface area contributed by atoms with Crippen molar-refractivity contribution in [1.29, 1.82) is 0 Å². The van der Waals surface area contributed by atoms with Crippen molar-refractivity contribution in [3.63, 3.8) is 0 Å². The van der Waals surface area contributed by atoms with Crippen molar-refractivity contribution in [3.8, 4) is 0 Å². The van der Waals surface area contributed by atoms with Gasteiger partial charge in [-0.15, -0.1) is 0 Å². The molecule has 1 atom stereocenters. The molecule has 0 aromatic heterocycles. The molecule has 2 heterocycles. The fourth-order valence-corrected chi connectivity index (χ4v) is 2.14. The average molecular weight is 255 g/mol. The lowest BCUT2D eigenvalue weighted by molar-refractivity contribution is -0.146. The lowest BCUT2D eigenvalue weighted by Crippen LogP contribution is -2.58. The van der Waals surface area contributed by atoms with E-state index in [4.69, 9.17) is 4.74 Å². The lowest BCUT2D eigenvalue weighted by atomic mass is 10.2. The number of hydrogen-bond donors (Lipinski definition) is 1. The van der Waals surface area contributed by atoms with Gasteiger partial charge < -0.3 is 19.9 Å².